The Bertz CT molecular complexity index is 629. The van der Waals surface area contributed by atoms with Crippen LogP contribution in [0.4, 0.5) is 13.2 Å². The van der Waals surface area contributed by atoms with Gasteiger partial charge < -0.3 is 0 Å². The molecule has 0 radical (unpaired) electrons. The van der Waals surface area contributed by atoms with Crippen LogP contribution in [0.3, 0.4) is 0 Å². The number of nitrogens with zero attached hydrogens (tertiary/aromatic N) is 1. The summed E-state index contributed by atoms with van der Waals surface area (Å²) >= 11 is 13.5. The second kappa shape index (κ2) is 5.46. The maximum absolute atomic E-state index is 12.7. The fourth-order valence-electron chi connectivity index (χ4n) is 1.48. The third-order valence-electron chi connectivity index (χ3n) is 2.29. The lowest BCUT2D eigenvalue weighted by atomic mass is 10.1. The van der Waals surface area contributed by atoms with Gasteiger partial charge in [0.05, 0.1) is 10.7 Å². The van der Waals surface area contributed by atoms with Crippen LogP contribution in [0.15, 0.2) is 30.3 Å². The molecular weight excluding hydrogens is 413 g/mol. The highest BCUT2D eigenvalue weighted by atomic mass is 127. The van der Waals surface area contributed by atoms with Crippen molar-refractivity contribution >= 4 is 45.8 Å². The molecule has 0 bridgehead atoms. The van der Waals surface area contributed by atoms with Crippen LogP contribution >= 0.6 is 45.8 Å². The molecule has 1 aromatic heterocycles. The zero-order chi connectivity index (χ0) is 14.2. The number of halogens is 6. The molecule has 0 atom stereocenters. The molecular formula is C12H5Cl2F3IN. The number of benzene rings is 1. The standard InChI is InChI=1S/C12H5Cl2F3IN/c13-6-1-2-8(9(14)3-6)10-4-7(18)5-11(19-10)12(15,16)17/h1-5H. The number of aromatic nitrogens is 1. The first kappa shape index (κ1) is 14.9. The van der Waals surface area contributed by atoms with Gasteiger partial charge in [0.1, 0.15) is 5.69 Å². The summed E-state index contributed by atoms with van der Waals surface area (Å²) in [5, 5.41) is 0.672. The van der Waals surface area contributed by atoms with E-state index < -0.39 is 11.9 Å². The largest absolute Gasteiger partial charge is 0.433 e. The van der Waals surface area contributed by atoms with E-state index in [-0.39, 0.29) is 10.7 Å². The summed E-state index contributed by atoms with van der Waals surface area (Å²) in [6, 6.07) is 7.08. The van der Waals surface area contributed by atoms with Gasteiger partial charge in [-0.25, -0.2) is 4.98 Å². The molecule has 19 heavy (non-hydrogen) atoms. The van der Waals surface area contributed by atoms with Gasteiger partial charge in [-0.3, -0.25) is 0 Å². The Balaban J connectivity index is 2.59. The zero-order valence-corrected chi connectivity index (χ0v) is 12.8. The summed E-state index contributed by atoms with van der Waals surface area (Å²) in [4.78, 5) is 3.61. The van der Waals surface area contributed by atoms with Gasteiger partial charge in [-0.15, -0.1) is 0 Å². The Hall–Kier alpha value is -0.530. The molecule has 0 unspecified atom stereocenters. The predicted octanol–water partition coefficient (Wildman–Crippen LogP) is 5.68. The van der Waals surface area contributed by atoms with E-state index in [9.17, 15) is 13.2 Å². The van der Waals surface area contributed by atoms with Crippen LogP contribution in [0.2, 0.25) is 10.0 Å². The maximum atomic E-state index is 12.7. The van der Waals surface area contributed by atoms with Crippen molar-refractivity contribution in [2.24, 2.45) is 0 Å². The number of rotatable bonds is 1. The minimum Gasteiger partial charge on any atom is -0.243 e. The number of hydrogen-bond donors (Lipinski definition) is 0. The van der Waals surface area contributed by atoms with Gasteiger partial charge in [0.25, 0.3) is 0 Å². The normalized spacial score (nSPS) is 11.7. The van der Waals surface area contributed by atoms with Gasteiger partial charge in [-0.2, -0.15) is 13.2 Å². The second-order valence-electron chi connectivity index (χ2n) is 3.68. The summed E-state index contributed by atoms with van der Waals surface area (Å²) in [6.45, 7) is 0. The van der Waals surface area contributed by atoms with E-state index in [0.29, 0.717) is 14.2 Å². The van der Waals surface area contributed by atoms with Gasteiger partial charge in [0, 0.05) is 14.2 Å². The molecule has 1 nitrogen and oxygen atoms in total. The van der Waals surface area contributed by atoms with E-state index in [4.69, 9.17) is 23.2 Å². The molecule has 0 aliphatic heterocycles. The van der Waals surface area contributed by atoms with Crippen molar-refractivity contribution in [3.8, 4) is 11.3 Å². The van der Waals surface area contributed by atoms with Crippen LogP contribution in [0, 0.1) is 3.57 Å². The second-order valence-corrected chi connectivity index (χ2v) is 5.77. The molecule has 2 rings (SSSR count). The van der Waals surface area contributed by atoms with E-state index in [1.165, 1.54) is 12.1 Å². The van der Waals surface area contributed by atoms with Crippen LogP contribution in [-0.4, -0.2) is 4.98 Å². The van der Waals surface area contributed by atoms with Gasteiger partial charge in [-0.05, 0) is 52.9 Å². The van der Waals surface area contributed by atoms with Crippen molar-refractivity contribution in [1.82, 2.24) is 4.98 Å². The fraction of sp³-hybridized carbons (Fsp3) is 0.0833. The highest BCUT2D eigenvalue weighted by molar-refractivity contribution is 14.1. The lowest BCUT2D eigenvalue weighted by Gasteiger charge is -2.10. The summed E-state index contributed by atoms with van der Waals surface area (Å²) < 4.78 is 38.6. The molecule has 7 heteroatoms. The number of alkyl halides is 3. The van der Waals surface area contributed by atoms with E-state index >= 15 is 0 Å². The average molecular weight is 418 g/mol. The third-order valence-corrected chi connectivity index (χ3v) is 3.46. The van der Waals surface area contributed by atoms with Crippen LogP contribution in [0.5, 0.6) is 0 Å². The van der Waals surface area contributed by atoms with Crippen LogP contribution in [-0.2, 0) is 6.18 Å². The van der Waals surface area contributed by atoms with Gasteiger partial charge in [0.2, 0.25) is 0 Å². The van der Waals surface area contributed by atoms with E-state index in [1.807, 2.05) is 22.6 Å². The fourth-order valence-corrected chi connectivity index (χ4v) is 2.57. The Morgan fingerprint density at radius 1 is 1.05 bits per heavy atom. The van der Waals surface area contributed by atoms with Crippen LogP contribution < -0.4 is 0 Å². The first-order valence-electron chi connectivity index (χ1n) is 4.97. The topological polar surface area (TPSA) is 12.9 Å². The molecule has 0 amide bonds. The summed E-state index contributed by atoms with van der Waals surface area (Å²) in [7, 11) is 0. The van der Waals surface area contributed by atoms with Gasteiger partial charge in [0.15, 0.2) is 0 Å². The van der Waals surface area contributed by atoms with Crippen molar-refractivity contribution in [2.45, 2.75) is 6.18 Å². The zero-order valence-electron chi connectivity index (χ0n) is 9.10. The summed E-state index contributed by atoms with van der Waals surface area (Å²) in [6.07, 6.45) is -4.49. The average Bonchev–Trinajstić information content (AvgIpc) is 2.26. The van der Waals surface area contributed by atoms with Gasteiger partial charge >= 0.3 is 6.18 Å². The molecule has 2 aromatic rings. The van der Waals surface area contributed by atoms with Crippen molar-refractivity contribution in [3.63, 3.8) is 0 Å². The number of pyridine rings is 1. The number of hydrogen-bond acceptors (Lipinski definition) is 1. The minimum absolute atomic E-state index is 0.167. The summed E-state index contributed by atoms with van der Waals surface area (Å²) in [5.41, 5.74) is -0.364. The smallest absolute Gasteiger partial charge is 0.243 e. The van der Waals surface area contributed by atoms with Crippen LogP contribution in [0.1, 0.15) is 5.69 Å². The molecule has 0 aliphatic carbocycles. The predicted molar refractivity (Wildman–Crippen MR) is 77.4 cm³/mol. The highest BCUT2D eigenvalue weighted by Gasteiger charge is 2.33. The summed E-state index contributed by atoms with van der Waals surface area (Å²) in [5.74, 6) is 0. The SMILES string of the molecule is FC(F)(F)c1cc(I)cc(-c2ccc(Cl)cc2Cl)n1. The molecule has 0 saturated carbocycles. The van der Waals surface area contributed by atoms with Crippen molar-refractivity contribution in [3.05, 3.63) is 49.6 Å². The molecule has 1 heterocycles. The van der Waals surface area contributed by atoms with Gasteiger partial charge in [-0.1, -0.05) is 23.2 Å². The lowest BCUT2D eigenvalue weighted by Crippen LogP contribution is -2.09. The minimum atomic E-state index is -4.49. The Kier molecular flexibility index (Phi) is 4.27. The Morgan fingerprint density at radius 2 is 1.74 bits per heavy atom. The van der Waals surface area contributed by atoms with E-state index in [0.717, 1.165) is 6.07 Å². The lowest BCUT2D eigenvalue weighted by molar-refractivity contribution is -0.141. The molecule has 0 saturated heterocycles. The van der Waals surface area contributed by atoms with Crippen LogP contribution in [0.25, 0.3) is 11.3 Å². The molecule has 100 valence electrons. The molecule has 0 fully saturated rings. The monoisotopic (exact) mass is 417 g/mol. The molecule has 0 aliphatic rings. The highest BCUT2D eigenvalue weighted by Crippen LogP contribution is 2.34. The molecule has 1 aromatic carbocycles. The first-order chi connectivity index (χ1) is 8.77. The van der Waals surface area contributed by atoms with Crippen molar-refractivity contribution in [2.75, 3.05) is 0 Å². The molecule has 0 N–H and O–H groups in total. The maximum Gasteiger partial charge on any atom is 0.433 e. The molecule has 0 spiro atoms. The first-order valence-corrected chi connectivity index (χ1v) is 6.81. The van der Waals surface area contributed by atoms with E-state index in [2.05, 4.69) is 4.98 Å². The van der Waals surface area contributed by atoms with Crippen molar-refractivity contribution in [1.29, 1.82) is 0 Å². The Morgan fingerprint density at radius 3 is 2.32 bits per heavy atom. The van der Waals surface area contributed by atoms with Crippen molar-refractivity contribution < 1.29 is 13.2 Å². The third kappa shape index (κ3) is 3.52. The Labute approximate surface area is 130 Å². The quantitative estimate of drug-likeness (QED) is 0.544. The van der Waals surface area contributed by atoms with E-state index in [1.54, 1.807) is 12.1 Å².